The first kappa shape index (κ1) is 16.6. The van der Waals surface area contributed by atoms with Gasteiger partial charge < -0.3 is 9.39 Å². The second-order valence-corrected chi connectivity index (χ2v) is 6.86. The van der Waals surface area contributed by atoms with Gasteiger partial charge in [0.2, 0.25) is 0 Å². The van der Waals surface area contributed by atoms with Gasteiger partial charge in [-0.25, -0.2) is 4.39 Å². The number of benzene rings is 1. The van der Waals surface area contributed by atoms with Gasteiger partial charge in [-0.15, -0.1) is 0 Å². The van der Waals surface area contributed by atoms with Gasteiger partial charge in [0.25, 0.3) is 0 Å². The third-order valence-corrected chi connectivity index (χ3v) is 4.60. The van der Waals surface area contributed by atoms with E-state index in [1.54, 1.807) is 23.2 Å². The molecule has 1 saturated heterocycles. The van der Waals surface area contributed by atoms with E-state index in [0.717, 1.165) is 10.5 Å². The zero-order chi connectivity index (χ0) is 15.6. The predicted molar refractivity (Wildman–Crippen MR) is 81.0 cm³/mol. The molecule has 1 aromatic carbocycles. The molecule has 1 aromatic rings. The van der Waals surface area contributed by atoms with Gasteiger partial charge in [-0.05, 0) is 31.5 Å². The van der Waals surface area contributed by atoms with E-state index in [2.05, 4.69) is 0 Å². The van der Waals surface area contributed by atoms with Crippen LogP contribution in [0, 0.1) is 0 Å². The van der Waals surface area contributed by atoms with Crippen molar-refractivity contribution >= 4 is 18.4 Å². The highest BCUT2D eigenvalue weighted by Crippen LogP contribution is 2.40. The van der Waals surface area contributed by atoms with Crippen molar-refractivity contribution in [3.63, 3.8) is 0 Å². The van der Waals surface area contributed by atoms with E-state index in [0.29, 0.717) is 0 Å². The summed E-state index contributed by atoms with van der Waals surface area (Å²) in [6.45, 7) is 3.21. The van der Waals surface area contributed by atoms with E-state index in [9.17, 15) is 8.60 Å². The van der Waals surface area contributed by atoms with Crippen molar-refractivity contribution in [2.24, 2.45) is 0 Å². The van der Waals surface area contributed by atoms with Crippen molar-refractivity contribution in [3.05, 3.63) is 29.8 Å². The average molecular weight is 312 g/mol. The van der Waals surface area contributed by atoms with E-state index in [-0.39, 0.29) is 0 Å². The molecule has 1 aliphatic rings. The first-order chi connectivity index (χ1) is 9.90. The normalized spacial score (nSPS) is 26.7. The first-order valence-electron chi connectivity index (χ1n) is 6.72. The lowest BCUT2D eigenvalue weighted by atomic mass is 9.98. The molecule has 0 aliphatic carbocycles. The largest absolute Gasteiger partial charge is 0.427 e. The smallest absolute Gasteiger partial charge is 0.401 e. The number of hydrogen-bond donors (Lipinski definition) is 0. The number of halogens is 1. The highest BCUT2D eigenvalue weighted by Gasteiger charge is 2.48. The van der Waals surface area contributed by atoms with Crippen molar-refractivity contribution < 1.29 is 18.0 Å². The van der Waals surface area contributed by atoms with Gasteiger partial charge in [0, 0.05) is 29.1 Å². The highest BCUT2D eigenvalue weighted by molar-refractivity contribution is 7.84. The number of nitrogens with zero attached hydrogens (tertiary/aromatic N) is 1. The van der Waals surface area contributed by atoms with E-state index in [1.165, 1.54) is 14.7 Å². The zero-order valence-electron chi connectivity index (χ0n) is 12.7. The fraction of sp³-hybridized carbons (Fsp3) is 0.571. The van der Waals surface area contributed by atoms with E-state index in [4.69, 9.17) is 9.39 Å². The minimum Gasteiger partial charge on any atom is -0.427 e. The van der Waals surface area contributed by atoms with Crippen LogP contribution in [0.1, 0.15) is 25.5 Å². The monoisotopic (exact) mass is 312 g/mol. The molecule has 1 heterocycles. The van der Waals surface area contributed by atoms with Crippen molar-refractivity contribution in [2.45, 2.75) is 36.6 Å². The van der Waals surface area contributed by atoms with Crippen LogP contribution in [0.5, 0.6) is 0 Å². The molecule has 4 nitrogen and oxygen atoms in total. The summed E-state index contributed by atoms with van der Waals surface area (Å²) in [5.74, 6) is 0. The lowest BCUT2D eigenvalue weighted by Gasteiger charge is -2.30. The summed E-state index contributed by atoms with van der Waals surface area (Å²) >= 11 is 0. The Morgan fingerprint density at radius 3 is 2.52 bits per heavy atom. The Morgan fingerprint density at radius 2 is 2.05 bits per heavy atom. The molecule has 7 heteroatoms. The molecule has 21 heavy (non-hydrogen) atoms. The second-order valence-electron chi connectivity index (χ2n) is 5.48. The van der Waals surface area contributed by atoms with E-state index < -0.39 is 35.3 Å². The van der Waals surface area contributed by atoms with Crippen LogP contribution >= 0.6 is 0 Å². The van der Waals surface area contributed by atoms with Gasteiger partial charge in [0.15, 0.2) is 0 Å². The predicted octanol–water partition coefficient (Wildman–Crippen LogP) is 2.05. The summed E-state index contributed by atoms with van der Waals surface area (Å²) in [7, 11) is 2.01. The molecule has 2 rings (SSSR count). The Hall–Kier alpha value is -0.755. The third kappa shape index (κ3) is 3.36. The molecule has 0 amide bonds. The van der Waals surface area contributed by atoms with Gasteiger partial charge in [0.05, 0.1) is 6.04 Å². The SMILES string of the molecule is CO[B]N1[C@H](CF)[C@@H](c2ccc(S(C)=O)cc2)OC1(C)C. The topological polar surface area (TPSA) is 38.8 Å². The fourth-order valence-corrected chi connectivity index (χ4v) is 3.13. The number of ether oxygens (including phenoxy) is 1. The Balaban J connectivity index is 2.28. The molecule has 1 radical (unpaired) electrons. The van der Waals surface area contributed by atoms with Gasteiger partial charge in [-0.2, -0.15) is 0 Å². The van der Waals surface area contributed by atoms with E-state index >= 15 is 0 Å². The molecule has 3 atom stereocenters. The van der Waals surface area contributed by atoms with Crippen LogP contribution in [-0.4, -0.2) is 48.4 Å². The standard InChI is InChI=1S/C14H20BFNO3S/c1-14(2)17(15-19-3)12(9-16)13(20-14)10-5-7-11(8-6-10)21(4)18/h5-8,12-13H,9H2,1-4H3/t12-,13-,21?/m1/s1. The van der Waals surface area contributed by atoms with Crippen molar-refractivity contribution in [2.75, 3.05) is 20.0 Å². The summed E-state index contributed by atoms with van der Waals surface area (Å²) in [5.41, 5.74) is 0.218. The highest BCUT2D eigenvalue weighted by atomic mass is 32.2. The molecule has 1 aliphatic heterocycles. The number of alkyl halides is 1. The minimum atomic E-state index is -1.03. The molecule has 0 N–H and O–H groups in total. The molecule has 0 bridgehead atoms. The molecule has 1 fully saturated rings. The summed E-state index contributed by atoms with van der Waals surface area (Å²) in [4.78, 5) is 2.50. The van der Waals surface area contributed by atoms with Crippen LogP contribution in [0.2, 0.25) is 0 Å². The van der Waals surface area contributed by atoms with Crippen molar-refractivity contribution in [1.82, 2.24) is 4.81 Å². The van der Waals surface area contributed by atoms with Crippen LogP contribution < -0.4 is 0 Å². The number of hydrogen-bond acceptors (Lipinski definition) is 4. The summed E-state index contributed by atoms with van der Waals surface area (Å²) in [6.07, 6.45) is 1.24. The maximum absolute atomic E-state index is 13.5. The van der Waals surface area contributed by atoms with Crippen LogP contribution in [0.4, 0.5) is 4.39 Å². The Morgan fingerprint density at radius 1 is 1.43 bits per heavy atom. The lowest BCUT2D eigenvalue weighted by Crippen LogP contribution is -2.47. The van der Waals surface area contributed by atoms with E-state index in [1.807, 2.05) is 26.0 Å². The molecule has 0 saturated carbocycles. The van der Waals surface area contributed by atoms with Gasteiger partial charge in [0.1, 0.15) is 18.5 Å². The molecular weight excluding hydrogens is 292 g/mol. The second kappa shape index (κ2) is 6.56. The van der Waals surface area contributed by atoms with Crippen LogP contribution in [0.25, 0.3) is 0 Å². The van der Waals surface area contributed by atoms with Gasteiger partial charge >= 0.3 is 7.62 Å². The third-order valence-electron chi connectivity index (χ3n) is 3.66. The summed E-state index contributed by atoms with van der Waals surface area (Å²) in [5, 5.41) is 0. The van der Waals surface area contributed by atoms with Gasteiger partial charge in [-0.3, -0.25) is 9.02 Å². The van der Waals surface area contributed by atoms with Crippen LogP contribution in [0.15, 0.2) is 29.2 Å². The van der Waals surface area contributed by atoms with Crippen LogP contribution in [0.3, 0.4) is 0 Å². The molecule has 1 unspecified atom stereocenters. The average Bonchev–Trinajstić information content (AvgIpc) is 2.71. The summed E-state index contributed by atoms with van der Waals surface area (Å²) in [6, 6.07) is 6.82. The van der Waals surface area contributed by atoms with Crippen LogP contribution in [-0.2, 0) is 20.2 Å². The molecule has 0 aromatic heterocycles. The fourth-order valence-electron chi connectivity index (χ4n) is 2.61. The Labute approximate surface area is 128 Å². The lowest BCUT2D eigenvalue weighted by molar-refractivity contribution is -0.0548. The first-order valence-corrected chi connectivity index (χ1v) is 8.28. The van der Waals surface area contributed by atoms with Crippen molar-refractivity contribution in [3.8, 4) is 0 Å². The quantitative estimate of drug-likeness (QED) is 0.780. The molecular formula is C14H20BFNO3S. The maximum atomic E-state index is 13.5. The summed E-state index contributed by atoms with van der Waals surface area (Å²) < 4.78 is 36.0. The number of rotatable bonds is 5. The van der Waals surface area contributed by atoms with Crippen molar-refractivity contribution in [1.29, 1.82) is 0 Å². The van der Waals surface area contributed by atoms with Gasteiger partial charge in [-0.1, -0.05) is 12.1 Å². The Kier molecular flexibility index (Phi) is 5.19. The molecule has 0 spiro atoms. The maximum Gasteiger partial charge on any atom is 0.401 e. The Bertz CT molecular complexity index is 511. The molecule has 115 valence electrons. The minimum absolute atomic E-state index is 0.393. The zero-order valence-corrected chi connectivity index (χ0v) is 13.5.